The first-order chi connectivity index (χ1) is 6.33. The van der Waals surface area contributed by atoms with Crippen LogP contribution in [-0.2, 0) is 0 Å². The largest absolute Gasteiger partial charge is 0.0921 e. The van der Waals surface area contributed by atoms with Crippen LogP contribution in [0.4, 0.5) is 0 Å². The van der Waals surface area contributed by atoms with E-state index in [-0.39, 0.29) is 0 Å². The van der Waals surface area contributed by atoms with Gasteiger partial charge >= 0.3 is 0 Å². The lowest BCUT2D eigenvalue weighted by molar-refractivity contribution is 0.673. The SMILES string of the molecule is Cc1ccccc1C(CBr)C1CC1. The summed E-state index contributed by atoms with van der Waals surface area (Å²) in [5, 5.41) is 1.11. The fourth-order valence-corrected chi connectivity index (χ4v) is 2.84. The molecule has 0 saturated heterocycles. The molecule has 2 rings (SSSR count). The zero-order valence-corrected chi connectivity index (χ0v) is 9.55. The summed E-state index contributed by atoms with van der Waals surface area (Å²) in [5.74, 6) is 1.70. The van der Waals surface area contributed by atoms with Crippen LogP contribution in [0.15, 0.2) is 24.3 Å². The summed E-state index contributed by atoms with van der Waals surface area (Å²) in [6.07, 6.45) is 2.84. The molecule has 0 amide bonds. The highest BCUT2D eigenvalue weighted by molar-refractivity contribution is 9.09. The first-order valence-electron chi connectivity index (χ1n) is 4.94. The maximum absolute atomic E-state index is 3.63. The van der Waals surface area contributed by atoms with Crippen molar-refractivity contribution in [3.05, 3.63) is 35.4 Å². The minimum atomic E-state index is 0.751. The van der Waals surface area contributed by atoms with Crippen LogP contribution >= 0.6 is 15.9 Å². The summed E-state index contributed by atoms with van der Waals surface area (Å²) in [4.78, 5) is 0. The molecule has 1 saturated carbocycles. The van der Waals surface area contributed by atoms with Crippen molar-refractivity contribution in [3.8, 4) is 0 Å². The Hall–Kier alpha value is -0.300. The van der Waals surface area contributed by atoms with Gasteiger partial charge in [0.1, 0.15) is 0 Å². The molecule has 0 aliphatic heterocycles. The van der Waals surface area contributed by atoms with Crippen molar-refractivity contribution in [1.29, 1.82) is 0 Å². The van der Waals surface area contributed by atoms with Crippen LogP contribution in [-0.4, -0.2) is 5.33 Å². The van der Waals surface area contributed by atoms with Gasteiger partial charge in [0.25, 0.3) is 0 Å². The predicted octanol–water partition coefficient (Wildman–Crippen LogP) is 3.88. The number of rotatable bonds is 3. The molecular weight excluding hydrogens is 224 g/mol. The molecule has 0 N–H and O–H groups in total. The van der Waals surface area contributed by atoms with Crippen LogP contribution in [0.1, 0.15) is 29.9 Å². The molecule has 0 radical (unpaired) electrons. The minimum absolute atomic E-state index is 0.751. The van der Waals surface area contributed by atoms with E-state index in [0.717, 1.165) is 17.2 Å². The van der Waals surface area contributed by atoms with Crippen molar-refractivity contribution < 1.29 is 0 Å². The topological polar surface area (TPSA) is 0 Å². The van der Waals surface area contributed by atoms with Crippen LogP contribution in [0.3, 0.4) is 0 Å². The van der Waals surface area contributed by atoms with Gasteiger partial charge in [-0.1, -0.05) is 40.2 Å². The van der Waals surface area contributed by atoms with Crippen molar-refractivity contribution >= 4 is 15.9 Å². The van der Waals surface area contributed by atoms with Gasteiger partial charge in [-0.05, 0) is 42.7 Å². The lowest BCUT2D eigenvalue weighted by Gasteiger charge is -2.15. The zero-order chi connectivity index (χ0) is 9.26. The van der Waals surface area contributed by atoms with Gasteiger partial charge in [-0.2, -0.15) is 0 Å². The molecule has 1 fully saturated rings. The maximum Gasteiger partial charge on any atom is 0.0103 e. The highest BCUT2D eigenvalue weighted by Crippen LogP contribution is 2.44. The van der Waals surface area contributed by atoms with E-state index in [0.29, 0.717) is 0 Å². The fraction of sp³-hybridized carbons (Fsp3) is 0.500. The van der Waals surface area contributed by atoms with Gasteiger partial charge in [-0.3, -0.25) is 0 Å². The van der Waals surface area contributed by atoms with E-state index in [1.807, 2.05) is 0 Å². The summed E-state index contributed by atoms with van der Waals surface area (Å²) < 4.78 is 0. The van der Waals surface area contributed by atoms with Gasteiger partial charge in [-0.15, -0.1) is 0 Å². The molecule has 70 valence electrons. The van der Waals surface area contributed by atoms with Crippen LogP contribution in [0.25, 0.3) is 0 Å². The standard InChI is InChI=1S/C12H15Br/c1-9-4-2-3-5-11(9)12(8-13)10-6-7-10/h2-5,10,12H,6-8H2,1H3. The molecule has 0 aromatic heterocycles. The second-order valence-corrected chi connectivity index (χ2v) is 4.60. The van der Waals surface area contributed by atoms with Crippen LogP contribution in [0.5, 0.6) is 0 Å². The smallest absolute Gasteiger partial charge is 0.0103 e. The Kier molecular flexibility index (Phi) is 2.73. The van der Waals surface area contributed by atoms with E-state index in [2.05, 4.69) is 47.1 Å². The number of benzene rings is 1. The molecule has 0 nitrogen and oxygen atoms in total. The number of hydrogen-bond donors (Lipinski definition) is 0. The molecule has 1 aromatic rings. The quantitative estimate of drug-likeness (QED) is 0.702. The average Bonchev–Trinajstić information content (AvgIpc) is 2.93. The van der Waals surface area contributed by atoms with Gasteiger partial charge < -0.3 is 0 Å². The molecule has 1 aliphatic carbocycles. The molecule has 0 spiro atoms. The third-order valence-electron chi connectivity index (χ3n) is 2.95. The summed E-state index contributed by atoms with van der Waals surface area (Å²) in [6.45, 7) is 2.22. The molecule has 1 aliphatic rings. The minimum Gasteiger partial charge on any atom is -0.0921 e. The molecule has 0 heterocycles. The number of alkyl halides is 1. The van der Waals surface area contributed by atoms with Crippen molar-refractivity contribution in [3.63, 3.8) is 0 Å². The maximum atomic E-state index is 3.63. The zero-order valence-electron chi connectivity index (χ0n) is 7.96. The Balaban J connectivity index is 2.26. The normalized spacial score (nSPS) is 18.6. The molecule has 1 aromatic carbocycles. The van der Waals surface area contributed by atoms with Gasteiger partial charge in [0, 0.05) is 5.33 Å². The number of hydrogen-bond acceptors (Lipinski definition) is 0. The highest BCUT2D eigenvalue weighted by atomic mass is 79.9. The highest BCUT2D eigenvalue weighted by Gasteiger charge is 2.31. The fourth-order valence-electron chi connectivity index (χ4n) is 1.96. The molecule has 1 unspecified atom stereocenters. The van der Waals surface area contributed by atoms with E-state index in [1.165, 1.54) is 18.4 Å². The number of halogens is 1. The average molecular weight is 239 g/mol. The second-order valence-electron chi connectivity index (χ2n) is 3.95. The van der Waals surface area contributed by atoms with Crippen LogP contribution < -0.4 is 0 Å². The molecular formula is C12H15Br. The molecule has 1 heteroatoms. The molecule has 13 heavy (non-hydrogen) atoms. The second kappa shape index (κ2) is 3.83. The third kappa shape index (κ3) is 1.96. The van der Waals surface area contributed by atoms with Crippen molar-refractivity contribution in [2.75, 3.05) is 5.33 Å². The van der Waals surface area contributed by atoms with Crippen molar-refractivity contribution in [2.45, 2.75) is 25.7 Å². The molecule has 0 bridgehead atoms. The summed E-state index contributed by atoms with van der Waals surface area (Å²) in [6, 6.07) is 8.77. The predicted molar refractivity (Wildman–Crippen MR) is 60.4 cm³/mol. The van der Waals surface area contributed by atoms with E-state index < -0.39 is 0 Å². The van der Waals surface area contributed by atoms with E-state index in [9.17, 15) is 0 Å². The lowest BCUT2D eigenvalue weighted by Crippen LogP contribution is -2.04. The Morgan fingerprint density at radius 2 is 2.08 bits per heavy atom. The van der Waals surface area contributed by atoms with Crippen LogP contribution in [0, 0.1) is 12.8 Å². The van der Waals surface area contributed by atoms with Crippen molar-refractivity contribution in [2.24, 2.45) is 5.92 Å². The summed E-state index contributed by atoms with van der Waals surface area (Å²) >= 11 is 3.63. The first kappa shape index (κ1) is 9.26. The van der Waals surface area contributed by atoms with Crippen LogP contribution in [0.2, 0.25) is 0 Å². The Labute approximate surface area is 88.5 Å². The summed E-state index contributed by atoms with van der Waals surface area (Å²) in [7, 11) is 0. The Morgan fingerprint density at radius 3 is 2.62 bits per heavy atom. The third-order valence-corrected chi connectivity index (χ3v) is 3.64. The lowest BCUT2D eigenvalue weighted by atomic mass is 9.93. The number of aryl methyl sites for hydroxylation is 1. The Morgan fingerprint density at radius 1 is 1.38 bits per heavy atom. The van der Waals surface area contributed by atoms with E-state index in [4.69, 9.17) is 0 Å². The first-order valence-corrected chi connectivity index (χ1v) is 6.06. The van der Waals surface area contributed by atoms with Crippen molar-refractivity contribution in [1.82, 2.24) is 0 Å². The Bertz CT molecular complexity index is 289. The van der Waals surface area contributed by atoms with E-state index in [1.54, 1.807) is 5.56 Å². The van der Waals surface area contributed by atoms with E-state index >= 15 is 0 Å². The van der Waals surface area contributed by atoms with Gasteiger partial charge in [0.2, 0.25) is 0 Å². The van der Waals surface area contributed by atoms with Gasteiger partial charge in [0.15, 0.2) is 0 Å². The molecule has 1 atom stereocenters. The monoisotopic (exact) mass is 238 g/mol. The summed E-state index contributed by atoms with van der Waals surface area (Å²) in [5.41, 5.74) is 2.99. The van der Waals surface area contributed by atoms with Gasteiger partial charge in [0.05, 0.1) is 0 Å². The van der Waals surface area contributed by atoms with Gasteiger partial charge in [-0.25, -0.2) is 0 Å².